The first kappa shape index (κ1) is 9.36. The number of aromatic amines is 1. The number of aromatic nitrogens is 2. The van der Waals surface area contributed by atoms with E-state index in [-0.39, 0.29) is 12.1 Å². The second kappa shape index (κ2) is 3.51. The largest absolute Gasteiger partial charge is 0.324 e. The number of hydrogen-bond acceptors (Lipinski definition) is 4. The van der Waals surface area contributed by atoms with Gasteiger partial charge >= 0.3 is 0 Å². The fourth-order valence-corrected chi connectivity index (χ4v) is 2.28. The summed E-state index contributed by atoms with van der Waals surface area (Å²) in [5.74, 6) is 0.548. The molecule has 0 saturated heterocycles. The van der Waals surface area contributed by atoms with Gasteiger partial charge < -0.3 is 10.7 Å². The highest BCUT2D eigenvalue weighted by Crippen LogP contribution is 2.21. The lowest BCUT2D eigenvalue weighted by Gasteiger charge is -1.94. The number of thiophene rings is 1. The van der Waals surface area contributed by atoms with Gasteiger partial charge in [0.25, 0.3) is 5.56 Å². The van der Waals surface area contributed by atoms with Crippen molar-refractivity contribution < 1.29 is 0 Å². The molecule has 14 heavy (non-hydrogen) atoms. The summed E-state index contributed by atoms with van der Waals surface area (Å²) in [5, 5.41) is 0.670. The molecular weight excluding hydrogens is 198 g/mol. The maximum Gasteiger partial charge on any atom is 0.259 e. The number of rotatable bonds is 2. The Balaban J connectivity index is 2.73. The van der Waals surface area contributed by atoms with Crippen molar-refractivity contribution in [2.24, 2.45) is 5.73 Å². The smallest absolute Gasteiger partial charge is 0.259 e. The molecule has 0 bridgehead atoms. The van der Waals surface area contributed by atoms with Crippen molar-refractivity contribution in [3.8, 4) is 0 Å². The van der Waals surface area contributed by atoms with Crippen LogP contribution in [0.25, 0.3) is 10.2 Å². The normalized spacial score (nSPS) is 11.0. The van der Waals surface area contributed by atoms with Crippen molar-refractivity contribution in [2.75, 3.05) is 0 Å². The predicted molar refractivity (Wildman–Crippen MR) is 57.5 cm³/mol. The summed E-state index contributed by atoms with van der Waals surface area (Å²) in [4.78, 5) is 20.4. The molecule has 0 unspecified atom stereocenters. The van der Waals surface area contributed by atoms with Gasteiger partial charge in [-0.1, -0.05) is 6.92 Å². The van der Waals surface area contributed by atoms with Crippen molar-refractivity contribution in [1.82, 2.24) is 9.97 Å². The highest BCUT2D eigenvalue weighted by atomic mass is 32.1. The summed E-state index contributed by atoms with van der Waals surface area (Å²) >= 11 is 1.55. The topological polar surface area (TPSA) is 71.8 Å². The third-order valence-electron chi connectivity index (χ3n) is 2.04. The van der Waals surface area contributed by atoms with E-state index in [1.807, 2.05) is 6.07 Å². The third-order valence-corrected chi connectivity index (χ3v) is 3.22. The average molecular weight is 209 g/mol. The minimum absolute atomic E-state index is 0.0913. The summed E-state index contributed by atoms with van der Waals surface area (Å²) < 4.78 is 0. The van der Waals surface area contributed by atoms with Crippen molar-refractivity contribution in [3.63, 3.8) is 0 Å². The first-order chi connectivity index (χ1) is 6.74. The predicted octanol–water partition coefficient (Wildman–Crippen LogP) is 1.01. The minimum atomic E-state index is -0.0913. The Hall–Kier alpha value is -1.20. The van der Waals surface area contributed by atoms with E-state index in [0.717, 1.165) is 11.3 Å². The third kappa shape index (κ3) is 1.44. The van der Waals surface area contributed by atoms with Gasteiger partial charge in [0.2, 0.25) is 0 Å². The van der Waals surface area contributed by atoms with Crippen LogP contribution < -0.4 is 11.3 Å². The van der Waals surface area contributed by atoms with Crippen molar-refractivity contribution in [2.45, 2.75) is 19.9 Å². The second-order valence-corrected chi connectivity index (χ2v) is 4.12. The van der Waals surface area contributed by atoms with Crippen LogP contribution in [-0.2, 0) is 13.0 Å². The Morgan fingerprint density at radius 1 is 1.64 bits per heavy atom. The summed E-state index contributed by atoms with van der Waals surface area (Å²) in [7, 11) is 0. The maximum absolute atomic E-state index is 11.5. The van der Waals surface area contributed by atoms with Crippen LogP contribution in [0.5, 0.6) is 0 Å². The number of nitrogens with two attached hydrogens (primary N) is 1. The molecule has 0 radical (unpaired) electrons. The second-order valence-electron chi connectivity index (χ2n) is 3.00. The molecule has 4 nitrogen and oxygen atoms in total. The van der Waals surface area contributed by atoms with Gasteiger partial charge in [-0.3, -0.25) is 4.79 Å². The molecule has 74 valence electrons. The summed E-state index contributed by atoms with van der Waals surface area (Å²) in [6.45, 7) is 2.33. The maximum atomic E-state index is 11.5. The molecular formula is C9H11N3OS. The molecule has 0 amide bonds. The van der Waals surface area contributed by atoms with Crippen LogP contribution in [0.2, 0.25) is 0 Å². The first-order valence-corrected chi connectivity index (χ1v) is 5.28. The van der Waals surface area contributed by atoms with Gasteiger partial charge in [0.05, 0.1) is 11.9 Å². The molecule has 0 fully saturated rings. The van der Waals surface area contributed by atoms with Gasteiger partial charge in [-0.05, 0) is 12.5 Å². The lowest BCUT2D eigenvalue weighted by Crippen LogP contribution is -2.13. The SMILES string of the molecule is CCc1cc2c(=O)[nH]c(CN)nc2s1. The number of hydrogen-bond donors (Lipinski definition) is 2. The Kier molecular flexibility index (Phi) is 2.35. The van der Waals surface area contributed by atoms with E-state index in [1.165, 1.54) is 4.88 Å². The molecule has 2 rings (SSSR count). The molecule has 2 heterocycles. The number of fused-ring (bicyclic) bond motifs is 1. The van der Waals surface area contributed by atoms with Gasteiger partial charge in [0, 0.05) is 4.88 Å². The zero-order valence-electron chi connectivity index (χ0n) is 7.83. The van der Waals surface area contributed by atoms with Crippen LogP contribution in [0.4, 0.5) is 0 Å². The zero-order valence-corrected chi connectivity index (χ0v) is 8.65. The standard InChI is InChI=1S/C9H11N3OS/c1-2-5-3-6-8(13)11-7(4-10)12-9(6)14-5/h3H,2,4,10H2,1H3,(H,11,12,13). The van der Waals surface area contributed by atoms with E-state index in [0.29, 0.717) is 11.2 Å². The van der Waals surface area contributed by atoms with Crippen LogP contribution >= 0.6 is 11.3 Å². The number of nitrogens with zero attached hydrogens (tertiary/aromatic N) is 1. The van der Waals surface area contributed by atoms with E-state index in [4.69, 9.17) is 5.73 Å². The number of aryl methyl sites for hydroxylation is 1. The molecule has 0 aromatic carbocycles. The Labute approximate surface area is 84.8 Å². The quantitative estimate of drug-likeness (QED) is 0.775. The van der Waals surface area contributed by atoms with E-state index in [9.17, 15) is 4.79 Å². The zero-order chi connectivity index (χ0) is 10.1. The molecule has 0 aliphatic rings. The molecule has 0 spiro atoms. The lowest BCUT2D eigenvalue weighted by molar-refractivity contribution is 0.916. The molecule has 3 N–H and O–H groups in total. The van der Waals surface area contributed by atoms with Crippen LogP contribution in [0.1, 0.15) is 17.6 Å². The van der Waals surface area contributed by atoms with E-state index in [2.05, 4.69) is 16.9 Å². The molecule has 2 aromatic rings. The highest BCUT2D eigenvalue weighted by molar-refractivity contribution is 7.18. The Morgan fingerprint density at radius 3 is 3.07 bits per heavy atom. The van der Waals surface area contributed by atoms with Crippen molar-refractivity contribution >= 4 is 21.6 Å². The highest BCUT2D eigenvalue weighted by Gasteiger charge is 2.06. The lowest BCUT2D eigenvalue weighted by atomic mass is 10.3. The monoisotopic (exact) mass is 209 g/mol. The molecule has 0 saturated carbocycles. The van der Waals surface area contributed by atoms with Crippen molar-refractivity contribution in [1.29, 1.82) is 0 Å². The van der Waals surface area contributed by atoms with Gasteiger partial charge in [-0.25, -0.2) is 4.98 Å². The van der Waals surface area contributed by atoms with E-state index in [1.54, 1.807) is 11.3 Å². The fourth-order valence-electron chi connectivity index (χ4n) is 1.30. The average Bonchev–Trinajstić information content (AvgIpc) is 2.61. The molecule has 0 aliphatic carbocycles. The van der Waals surface area contributed by atoms with Crippen LogP contribution in [-0.4, -0.2) is 9.97 Å². The fraction of sp³-hybridized carbons (Fsp3) is 0.333. The van der Waals surface area contributed by atoms with Crippen LogP contribution in [0.15, 0.2) is 10.9 Å². The van der Waals surface area contributed by atoms with Gasteiger partial charge in [0.1, 0.15) is 10.7 Å². The summed E-state index contributed by atoms with van der Waals surface area (Å²) in [6.07, 6.45) is 0.929. The minimum Gasteiger partial charge on any atom is -0.324 e. The van der Waals surface area contributed by atoms with Crippen LogP contribution in [0.3, 0.4) is 0 Å². The van der Waals surface area contributed by atoms with E-state index >= 15 is 0 Å². The van der Waals surface area contributed by atoms with Crippen molar-refractivity contribution in [3.05, 3.63) is 27.1 Å². The van der Waals surface area contributed by atoms with Gasteiger partial charge in [-0.2, -0.15) is 0 Å². The first-order valence-electron chi connectivity index (χ1n) is 4.46. The summed E-state index contributed by atoms with van der Waals surface area (Å²) in [5.41, 5.74) is 5.33. The van der Waals surface area contributed by atoms with E-state index < -0.39 is 0 Å². The number of nitrogens with one attached hydrogen (secondary N) is 1. The molecule has 5 heteroatoms. The van der Waals surface area contributed by atoms with Crippen LogP contribution in [0, 0.1) is 0 Å². The molecule has 0 aliphatic heterocycles. The van der Waals surface area contributed by atoms with Gasteiger partial charge in [-0.15, -0.1) is 11.3 Å². The molecule has 2 aromatic heterocycles. The Morgan fingerprint density at radius 2 is 2.43 bits per heavy atom. The summed E-state index contributed by atoms with van der Waals surface area (Å²) in [6, 6.07) is 1.89. The number of H-pyrrole nitrogens is 1. The Bertz CT molecular complexity index is 514. The van der Waals surface area contributed by atoms with Gasteiger partial charge in [0.15, 0.2) is 0 Å². The molecule has 0 atom stereocenters.